The molecule has 0 aromatic rings. The van der Waals surface area contributed by atoms with E-state index in [0.29, 0.717) is 12.6 Å². The van der Waals surface area contributed by atoms with Gasteiger partial charge in [0, 0.05) is 18.3 Å². The Hall–Kier alpha value is -0.260. The zero-order valence-corrected chi connectivity index (χ0v) is 9.59. The molecule has 2 heterocycles. The van der Waals surface area contributed by atoms with Gasteiger partial charge < -0.3 is 15.8 Å². The summed E-state index contributed by atoms with van der Waals surface area (Å²) in [6.45, 7) is 0.517. The molecule has 0 radical (unpaired) electrons. The quantitative estimate of drug-likeness (QED) is 0.722. The van der Waals surface area contributed by atoms with Gasteiger partial charge in [-0.1, -0.05) is 0 Å². The highest BCUT2D eigenvalue weighted by Crippen LogP contribution is 2.21. The van der Waals surface area contributed by atoms with Gasteiger partial charge in [-0.3, -0.25) is 4.79 Å². The molecule has 2 aliphatic heterocycles. The molecule has 0 aliphatic carbocycles. The van der Waals surface area contributed by atoms with Crippen LogP contribution in [-0.4, -0.2) is 42.2 Å². The van der Waals surface area contributed by atoms with Gasteiger partial charge in [-0.05, 0) is 25.0 Å². The second-order valence-electron chi connectivity index (χ2n) is 4.13. The third-order valence-electron chi connectivity index (χ3n) is 2.94. The summed E-state index contributed by atoms with van der Waals surface area (Å²) in [6, 6.07) is 0.350. The van der Waals surface area contributed by atoms with Crippen LogP contribution in [0.15, 0.2) is 0 Å². The second-order valence-corrected chi connectivity index (χ2v) is 5.28. The van der Waals surface area contributed by atoms with E-state index in [2.05, 4.69) is 5.32 Å². The Kier molecular flexibility index (Phi) is 3.88. The Balaban J connectivity index is 1.76. The molecule has 86 valence electrons. The number of amides is 1. The molecule has 0 spiro atoms. The number of nitrogens with one attached hydrogen (secondary N) is 1. The van der Waals surface area contributed by atoms with Crippen LogP contribution in [0.4, 0.5) is 0 Å². The highest BCUT2D eigenvalue weighted by Gasteiger charge is 2.31. The Labute approximate surface area is 94.3 Å². The van der Waals surface area contributed by atoms with Crippen LogP contribution in [0.5, 0.6) is 0 Å². The van der Waals surface area contributed by atoms with E-state index in [-0.39, 0.29) is 18.1 Å². The van der Waals surface area contributed by atoms with Crippen LogP contribution in [0.2, 0.25) is 0 Å². The predicted molar refractivity (Wildman–Crippen MR) is 60.8 cm³/mol. The van der Waals surface area contributed by atoms with Crippen molar-refractivity contribution in [2.75, 3.05) is 18.1 Å². The minimum absolute atomic E-state index is 0.0541. The minimum Gasteiger partial charge on any atom is -0.364 e. The van der Waals surface area contributed by atoms with Gasteiger partial charge in [-0.2, -0.15) is 11.8 Å². The van der Waals surface area contributed by atoms with E-state index in [9.17, 15) is 4.79 Å². The average Bonchev–Trinajstić information content (AvgIpc) is 2.86. The summed E-state index contributed by atoms with van der Waals surface area (Å²) in [5.74, 6) is 2.25. The molecule has 5 heteroatoms. The molecule has 0 aromatic carbocycles. The summed E-state index contributed by atoms with van der Waals surface area (Å²) < 4.78 is 5.54. The van der Waals surface area contributed by atoms with Crippen molar-refractivity contribution >= 4 is 17.7 Å². The van der Waals surface area contributed by atoms with Crippen molar-refractivity contribution < 1.29 is 9.53 Å². The van der Waals surface area contributed by atoms with Crippen LogP contribution in [0.3, 0.4) is 0 Å². The molecule has 0 saturated carbocycles. The molecule has 2 fully saturated rings. The number of hydrogen-bond acceptors (Lipinski definition) is 4. The SMILES string of the molecule is NCC1CCC(C(=O)NC2CCSC2)O1. The van der Waals surface area contributed by atoms with Crippen molar-refractivity contribution in [2.45, 2.75) is 37.5 Å². The van der Waals surface area contributed by atoms with Crippen molar-refractivity contribution in [1.82, 2.24) is 5.32 Å². The van der Waals surface area contributed by atoms with Gasteiger partial charge in [0.15, 0.2) is 0 Å². The second kappa shape index (κ2) is 5.18. The van der Waals surface area contributed by atoms with Crippen LogP contribution in [-0.2, 0) is 9.53 Å². The maximum atomic E-state index is 11.8. The molecule has 3 atom stereocenters. The fourth-order valence-electron chi connectivity index (χ4n) is 2.01. The summed E-state index contributed by atoms with van der Waals surface area (Å²) in [4.78, 5) is 11.8. The molecule has 1 amide bonds. The Bertz CT molecular complexity index is 231. The van der Waals surface area contributed by atoms with Crippen LogP contribution in [0, 0.1) is 0 Å². The highest BCUT2D eigenvalue weighted by molar-refractivity contribution is 7.99. The molecule has 15 heavy (non-hydrogen) atoms. The molecule has 3 unspecified atom stereocenters. The van der Waals surface area contributed by atoms with Gasteiger partial charge in [0.1, 0.15) is 6.10 Å². The van der Waals surface area contributed by atoms with Gasteiger partial charge in [0.05, 0.1) is 6.10 Å². The van der Waals surface area contributed by atoms with Crippen LogP contribution < -0.4 is 11.1 Å². The highest BCUT2D eigenvalue weighted by atomic mass is 32.2. The van der Waals surface area contributed by atoms with E-state index >= 15 is 0 Å². The fraction of sp³-hybridized carbons (Fsp3) is 0.900. The van der Waals surface area contributed by atoms with Gasteiger partial charge in [-0.15, -0.1) is 0 Å². The molecule has 3 N–H and O–H groups in total. The summed E-state index contributed by atoms with van der Waals surface area (Å²) >= 11 is 1.90. The number of carbonyl (C=O) groups is 1. The van der Waals surface area contributed by atoms with Crippen molar-refractivity contribution in [2.24, 2.45) is 5.73 Å². The number of nitrogens with two attached hydrogens (primary N) is 1. The Morgan fingerprint density at radius 3 is 2.93 bits per heavy atom. The summed E-state index contributed by atoms with van der Waals surface area (Å²) in [7, 11) is 0. The van der Waals surface area contributed by atoms with E-state index in [1.54, 1.807) is 0 Å². The van der Waals surface area contributed by atoms with Gasteiger partial charge in [0.25, 0.3) is 0 Å². The number of ether oxygens (including phenoxy) is 1. The molecule has 2 saturated heterocycles. The van der Waals surface area contributed by atoms with Gasteiger partial charge in [0.2, 0.25) is 5.91 Å². The Morgan fingerprint density at radius 1 is 1.47 bits per heavy atom. The standard InChI is InChI=1S/C10H18N2O2S/c11-5-8-1-2-9(14-8)10(13)12-7-3-4-15-6-7/h7-9H,1-6,11H2,(H,12,13). The van der Waals surface area contributed by atoms with Crippen LogP contribution >= 0.6 is 11.8 Å². The van der Waals surface area contributed by atoms with E-state index in [1.807, 2.05) is 11.8 Å². The van der Waals surface area contributed by atoms with Crippen LogP contribution in [0.1, 0.15) is 19.3 Å². The lowest BCUT2D eigenvalue weighted by molar-refractivity contribution is -0.132. The average molecular weight is 230 g/mol. The third-order valence-corrected chi connectivity index (χ3v) is 4.10. The third kappa shape index (κ3) is 2.86. The van der Waals surface area contributed by atoms with Crippen molar-refractivity contribution in [3.63, 3.8) is 0 Å². The first-order valence-corrected chi connectivity index (χ1v) is 6.68. The fourth-order valence-corrected chi connectivity index (χ4v) is 3.17. The number of carbonyl (C=O) groups excluding carboxylic acids is 1. The minimum atomic E-state index is -0.260. The Morgan fingerprint density at radius 2 is 2.33 bits per heavy atom. The number of hydrogen-bond donors (Lipinski definition) is 2. The lowest BCUT2D eigenvalue weighted by Gasteiger charge is -2.16. The lowest BCUT2D eigenvalue weighted by atomic mass is 10.1. The lowest BCUT2D eigenvalue weighted by Crippen LogP contribution is -2.41. The smallest absolute Gasteiger partial charge is 0.249 e. The van der Waals surface area contributed by atoms with E-state index in [0.717, 1.165) is 30.8 Å². The molecule has 2 aliphatic rings. The molecule has 0 aromatic heterocycles. The number of thioether (sulfide) groups is 1. The maximum absolute atomic E-state index is 11.8. The number of rotatable bonds is 3. The van der Waals surface area contributed by atoms with Crippen molar-refractivity contribution in [3.8, 4) is 0 Å². The van der Waals surface area contributed by atoms with E-state index in [4.69, 9.17) is 10.5 Å². The van der Waals surface area contributed by atoms with Crippen molar-refractivity contribution in [1.29, 1.82) is 0 Å². The summed E-state index contributed by atoms with van der Waals surface area (Å²) in [5.41, 5.74) is 5.50. The molecule has 4 nitrogen and oxygen atoms in total. The largest absolute Gasteiger partial charge is 0.364 e. The molecular formula is C10H18N2O2S. The zero-order valence-electron chi connectivity index (χ0n) is 8.78. The maximum Gasteiger partial charge on any atom is 0.249 e. The zero-order chi connectivity index (χ0) is 10.7. The van der Waals surface area contributed by atoms with E-state index in [1.165, 1.54) is 0 Å². The van der Waals surface area contributed by atoms with Gasteiger partial charge in [-0.25, -0.2) is 0 Å². The van der Waals surface area contributed by atoms with Gasteiger partial charge >= 0.3 is 0 Å². The normalized spacial score (nSPS) is 35.7. The molecule has 0 bridgehead atoms. The first-order valence-electron chi connectivity index (χ1n) is 5.53. The molecule has 2 rings (SSSR count). The predicted octanol–water partition coefficient (Wildman–Crippen LogP) is 0.114. The van der Waals surface area contributed by atoms with Crippen molar-refractivity contribution in [3.05, 3.63) is 0 Å². The summed E-state index contributed by atoms with van der Waals surface area (Å²) in [6.07, 6.45) is 2.63. The monoisotopic (exact) mass is 230 g/mol. The first kappa shape index (κ1) is 11.2. The van der Waals surface area contributed by atoms with E-state index < -0.39 is 0 Å². The first-order chi connectivity index (χ1) is 7.29. The topological polar surface area (TPSA) is 64.4 Å². The summed E-state index contributed by atoms with van der Waals surface area (Å²) in [5, 5.41) is 3.04. The molecular weight excluding hydrogens is 212 g/mol. The van der Waals surface area contributed by atoms with Crippen LogP contribution in [0.25, 0.3) is 0 Å².